The molecular formula is C30H40NO4S-. The molecule has 2 N–H and O–H groups in total. The largest absolute Gasteiger partial charge is 0.548 e. The molecule has 0 aliphatic heterocycles. The number of carbonyl (C=O) groups excluding carboxylic acids is 2. The second-order valence-corrected chi connectivity index (χ2v) is 11.1. The summed E-state index contributed by atoms with van der Waals surface area (Å²) in [6.45, 7) is 2.16. The molecule has 0 bridgehead atoms. The van der Waals surface area contributed by atoms with E-state index in [1.54, 1.807) is 6.07 Å². The topological polar surface area (TPSA) is 89.5 Å². The van der Waals surface area contributed by atoms with Gasteiger partial charge in [-0.15, -0.1) is 0 Å². The van der Waals surface area contributed by atoms with Gasteiger partial charge in [0.05, 0.1) is 12.0 Å². The monoisotopic (exact) mass is 510 g/mol. The number of aliphatic hydroxyl groups excluding tert-OH is 1. The Morgan fingerprint density at radius 1 is 1.08 bits per heavy atom. The van der Waals surface area contributed by atoms with Gasteiger partial charge in [0.25, 0.3) is 5.91 Å². The summed E-state index contributed by atoms with van der Waals surface area (Å²) in [5, 5.41) is 24.4. The van der Waals surface area contributed by atoms with Gasteiger partial charge in [-0.3, -0.25) is 4.79 Å². The minimum absolute atomic E-state index is 0.150. The number of thioether (sulfide) groups is 1. The predicted octanol–water partition coefficient (Wildman–Crippen LogP) is 4.77. The molecule has 0 aromatic heterocycles. The van der Waals surface area contributed by atoms with Gasteiger partial charge in [0, 0.05) is 12.2 Å². The van der Waals surface area contributed by atoms with Crippen molar-refractivity contribution in [2.75, 3.05) is 18.6 Å². The summed E-state index contributed by atoms with van der Waals surface area (Å²) in [6, 6.07) is 12.6. The molecule has 0 heterocycles. The molecule has 5 nitrogen and oxygen atoms in total. The number of amides is 1. The highest BCUT2D eigenvalue weighted by Gasteiger charge is 2.21. The molecule has 2 aromatic carbocycles. The summed E-state index contributed by atoms with van der Waals surface area (Å²) < 4.78 is 0. The Morgan fingerprint density at radius 3 is 2.50 bits per heavy atom. The first kappa shape index (κ1) is 28.3. The van der Waals surface area contributed by atoms with Gasteiger partial charge in [-0.2, -0.15) is 11.8 Å². The molecular weight excluding hydrogens is 470 g/mol. The molecule has 1 fully saturated rings. The standard InChI is InChI=1S/C30H41NO4S/c1-21-8-6-7-11-25(21)27-19-23(18-24(20-32)13-12-22-9-4-3-5-10-22)14-15-26(27)29(33)31-28(30(34)35)16-17-36-2/h6-8,11,14-15,19,22,24,28,32H,3-5,9-10,12-13,16-18,20H2,1-2H3,(H,31,33)(H,34,35)/p-1. The van der Waals surface area contributed by atoms with Gasteiger partial charge >= 0.3 is 0 Å². The molecule has 1 aliphatic rings. The third-order valence-corrected chi connectivity index (χ3v) is 8.10. The molecule has 0 radical (unpaired) electrons. The minimum atomic E-state index is -1.27. The van der Waals surface area contributed by atoms with Crippen LogP contribution in [0, 0.1) is 18.8 Å². The Kier molecular flexibility index (Phi) is 11.3. The number of aryl methyl sites for hydroxylation is 1. The third-order valence-electron chi connectivity index (χ3n) is 7.45. The third kappa shape index (κ3) is 8.10. The lowest BCUT2D eigenvalue weighted by atomic mass is 9.83. The molecule has 36 heavy (non-hydrogen) atoms. The van der Waals surface area contributed by atoms with Crippen LogP contribution in [0.2, 0.25) is 0 Å². The highest BCUT2D eigenvalue weighted by molar-refractivity contribution is 7.98. The van der Waals surface area contributed by atoms with Crippen LogP contribution in [-0.4, -0.2) is 41.6 Å². The second-order valence-electron chi connectivity index (χ2n) is 10.2. The quantitative estimate of drug-likeness (QED) is 0.405. The Labute approximate surface area is 220 Å². The fourth-order valence-electron chi connectivity index (χ4n) is 5.27. The van der Waals surface area contributed by atoms with Crippen molar-refractivity contribution in [1.29, 1.82) is 0 Å². The molecule has 2 aromatic rings. The molecule has 1 aliphatic carbocycles. The van der Waals surface area contributed by atoms with Crippen LogP contribution in [0.5, 0.6) is 0 Å². The van der Waals surface area contributed by atoms with E-state index >= 15 is 0 Å². The van der Waals surface area contributed by atoms with E-state index < -0.39 is 17.9 Å². The lowest BCUT2D eigenvalue weighted by Crippen LogP contribution is -2.48. The second kappa shape index (κ2) is 14.4. The van der Waals surface area contributed by atoms with E-state index in [4.69, 9.17) is 0 Å². The summed E-state index contributed by atoms with van der Waals surface area (Å²) in [5.41, 5.74) is 4.30. The normalized spacial score (nSPS) is 15.9. The SMILES string of the molecule is CSCCC(NC(=O)c1ccc(CC(CO)CCC2CCCCC2)cc1-c1ccccc1C)C(=O)[O-]. The van der Waals surface area contributed by atoms with Gasteiger partial charge in [-0.05, 0) is 78.4 Å². The molecule has 1 saturated carbocycles. The number of aliphatic hydroxyl groups is 1. The van der Waals surface area contributed by atoms with Crippen molar-refractivity contribution in [2.24, 2.45) is 11.8 Å². The molecule has 196 valence electrons. The van der Waals surface area contributed by atoms with Crippen LogP contribution in [-0.2, 0) is 11.2 Å². The van der Waals surface area contributed by atoms with Gasteiger partial charge in [0.1, 0.15) is 0 Å². The maximum Gasteiger partial charge on any atom is 0.252 e. The van der Waals surface area contributed by atoms with E-state index in [9.17, 15) is 19.8 Å². The number of rotatable bonds is 13. The van der Waals surface area contributed by atoms with E-state index in [0.717, 1.165) is 47.4 Å². The molecule has 0 saturated heterocycles. The van der Waals surface area contributed by atoms with Gasteiger partial charge in [-0.25, -0.2) is 0 Å². The van der Waals surface area contributed by atoms with Crippen molar-refractivity contribution >= 4 is 23.6 Å². The van der Waals surface area contributed by atoms with E-state index in [2.05, 4.69) is 5.32 Å². The minimum Gasteiger partial charge on any atom is -0.548 e. The maximum atomic E-state index is 13.2. The first-order chi connectivity index (χ1) is 17.4. The average molecular weight is 511 g/mol. The fourth-order valence-corrected chi connectivity index (χ4v) is 5.74. The smallest absolute Gasteiger partial charge is 0.252 e. The van der Waals surface area contributed by atoms with Crippen molar-refractivity contribution < 1.29 is 19.8 Å². The maximum absolute atomic E-state index is 13.2. The van der Waals surface area contributed by atoms with Crippen LogP contribution in [0.4, 0.5) is 0 Å². The lowest BCUT2D eigenvalue weighted by molar-refractivity contribution is -0.308. The van der Waals surface area contributed by atoms with Gasteiger partial charge in [-0.1, -0.05) is 74.9 Å². The zero-order valence-electron chi connectivity index (χ0n) is 21.6. The number of hydrogen-bond acceptors (Lipinski definition) is 5. The van der Waals surface area contributed by atoms with E-state index in [0.29, 0.717) is 17.7 Å². The van der Waals surface area contributed by atoms with E-state index in [1.165, 1.54) is 43.9 Å². The van der Waals surface area contributed by atoms with Gasteiger partial charge in [0.15, 0.2) is 0 Å². The van der Waals surface area contributed by atoms with Crippen LogP contribution in [0.25, 0.3) is 11.1 Å². The number of carboxylic acids is 1. The number of carboxylic acid groups (broad SMARTS) is 1. The summed E-state index contributed by atoms with van der Waals surface area (Å²) in [5.74, 6) is -0.0952. The summed E-state index contributed by atoms with van der Waals surface area (Å²) in [7, 11) is 0. The zero-order valence-corrected chi connectivity index (χ0v) is 22.4. The number of aliphatic carboxylic acids is 1. The Morgan fingerprint density at radius 2 is 1.83 bits per heavy atom. The van der Waals surface area contributed by atoms with Crippen molar-refractivity contribution in [3.05, 3.63) is 59.2 Å². The predicted molar refractivity (Wildman–Crippen MR) is 146 cm³/mol. The van der Waals surface area contributed by atoms with Gasteiger partial charge in [0.2, 0.25) is 0 Å². The first-order valence-electron chi connectivity index (χ1n) is 13.2. The molecule has 2 atom stereocenters. The Hall–Kier alpha value is -2.31. The lowest BCUT2D eigenvalue weighted by Gasteiger charge is -2.24. The average Bonchev–Trinajstić information content (AvgIpc) is 2.89. The van der Waals surface area contributed by atoms with Crippen LogP contribution < -0.4 is 10.4 Å². The van der Waals surface area contributed by atoms with Crippen LogP contribution >= 0.6 is 11.8 Å². The van der Waals surface area contributed by atoms with E-state index in [-0.39, 0.29) is 12.5 Å². The number of carbonyl (C=O) groups is 2. The molecule has 3 rings (SSSR count). The van der Waals surface area contributed by atoms with Crippen molar-refractivity contribution in [1.82, 2.24) is 5.32 Å². The molecule has 1 amide bonds. The number of hydrogen-bond donors (Lipinski definition) is 2. The molecule has 6 heteroatoms. The highest BCUT2D eigenvalue weighted by atomic mass is 32.2. The zero-order chi connectivity index (χ0) is 25.9. The highest BCUT2D eigenvalue weighted by Crippen LogP contribution is 2.31. The molecule has 2 unspecified atom stereocenters. The number of nitrogens with one attached hydrogen (secondary N) is 1. The summed E-state index contributed by atoms with van der Waals surface area (Å²) >= 11 is 1.53. The first-order valence-corrected chi connectivity index (χ1v) is 14.6. The van der Waals surface area contributed by atoms with Crippen LogP contribution in [0.15, 0.2) is 42.5 Å². The van der Waals surface area contributed by atoms with Crippen LogP contribution in [0.1, 0.15) is 72.9 Å². The van der Waals surface area contributed by atoms with E-state index in [1.807, 2.05) is 49.6 Å². The molecule has 0 spiro atoms. The summed E-state index contributed by atoms with van der Waals surface area (Å²) in [6.07, 6.45) is 11.8. The number of benzene rings is 2. The Bertz CT molecular complexity index is 1000. The van der Waals surface area contributed by atoms with Crippen molar-refractivity contribution in [3.63, 3.8) is 0 Å². The Balaban J connectivity index is 1.83. The van der Waals surface area contributed by atoms with Gasteiger partial charge < -0.3 is 20.3 Å². The van der Waals surface area contributed by atoms with Crippen molar-refractivity contribution in [3.8, 4) is 11.1 Å². The summed E-state index contributed by atoms with van der Waals surface area (Å²) in [4.78, 5) is 24.9. The van der Waals surface area contributed by atoms with Crippen LogP contribution in [0.3, 0.4) is 0 Å². The van der Waals surface area contributed by atoms with Crippen molar-refractivity contribution in [2.45, 2.75) is 70.8 Å². The fraction of sp³-hybridized carbons (Fsp3) is 0.533.